The Bertz CT molecular complexity index is 405. The van der Waals surface area contributed by atoms with Crippen LogP contribution < -0.4 is 0 Å². The molecule has 1 aliphatic carbocycles. The SMILES string of the molecule is CCC(=O)C1(c2ccc(C)cc2F)CC1. The minimum absolute atomic E-state index is 0.172. The summed E-state index contributed by atoms with van der Waals surface area (Å²) in [7, 11) is 0. The van der Waals surface area contributed by atoms with Crippen molar-refractivity contribution in [1.29, 1.82) is 0 Å². The zero-order chi connectivity index (χ0) is 11.1. The van der Waals surface area contributed by atoms with Gasteiger partial charge < -0.3 is 0 Å². The highest BCUT2D eigenvalue weighted by atomic mass is 19.1. The van der Waals surface area contributed by atoms with E-state index in [1.54, 1.807) is 6.07 Å². The van der Waals surface area contributed by atoms with Crippen molar-refractivity contribution in [2.75, 3.05) is 0 Å². The van der Waals surface area contributed by atoms with Gasteiger partial charge in [-0.2, -0.15) is 0 Å². The Labute approximate surface area is 89.3 Å². The van der Waals surface area contributed by atoms with E-state index < -0.39 is 5.41 Å². The molecule has 1 aromatic rings. The molecule has 1 aromatic carbocycles. The Balaban J connectivity index is 2.42. The summed E-state index contributed by atoms with van der Waals surface area (Å²) in [6.45, 7) is 3.70. The molecule has 0 radical (unpaired) electrons. The molecule has 80 valence electrons. The van der Waals surface area contributed by atoms with Crippen LogP contribution in [0.2, 0.25) is 0 Å². The van der Waals surface area contributed by atoms with E-state index >= 15 is 0 Å². The summed E-state index contributed by atoms with van der Waals surface area (Å²) >= 11 is 0. The molecular weight excluding hydrogens is 191 g/mol. The third-order valence-corrected chi connectivity index (χ3v) is 3.25. The standard InChI is InChI=1S/C13H15FO/c1-3-12(15)13(6-7-13)10-5-4-9(2)8-11(10)14/h4-5,8H,3,6-7H2,1-2H3. The first-order valence-electron chi connectivity index (χ1n) is 5.40. The summed E-state index contributed by atoms with van der Waals surface area (Å²) in [5.41, 5.74) is 1.02. The van der Waals surface area contributed by atoms with Crippen LogP contribution in [0.25, 0.3) is 0 Å². The van der Waals surface area contributed by atoms with E-state index in [-0.39, 0.29) is 11.6 Å². The fourth-order valence-corrected chi connectivity index (χ4v) is 2.17. The molecule has 1 nitrogen and oxygen atoms in total. The number of benzene rings is 1. The van der Waals surface area contributed by atoms with E-state index in [0.29, 0.717) is 12.0 Å². The van der Waals surface area contributed by atoms with Crippen molar-refractivity contribution in [2.24, 2.45) is 0 Å². The second kappa shape index (κ2) is 3.44. The molecule has 0 spiro atoms. The Morgan fingerprint density at radius 3 is 2.60 bits per heavy atom. The minimum Gasteiger partial charge on any atom is -0.299 e. The molecule has 0 atom stereocenters. The molecule has 0 unspecified atom stereocenters. The first-order chi connectivity index (χ1) is 7.10. The van der Waals surface area contributed by atoms with Gasteiger partial charge in [-0.1, -0.05) is 19.1 Å². The average Bonchev–Trinajstić information content (AvgIpc) is 2.97. The van der Waals surface area contributed by atoms with Crippen LogP contribution in [-0.2, 0) is 10.2 Å². The second-order valence-electron chi connectivity index (χ2n) is 4.34. The summed E-state index contributed by atoms with van der Waals surface area (Å²) < 4.78 is 13.7. The van der Waals surface area contributed by atoms with Crippen LogP contribution in [0.1, 0.15) is 37.3 Å². The molecule has 0 aromatic heterocycles. The van der Waals surface area contributed by atoms with Gasteiger partial charge in [-0.25, -0.2) is 4.39 Å². The maximum Gasteiger partial charge on any atom is 0.143 e. The van der Waals surface area contributed by atoms with E-state index in [0.717, 1.165) is 18.4 Å². The number of hydrogen-bond donors (Lipinski definition) is 0. The molecule has 0 bridgehead atoms. The molecule has 2 heteroatoms. The highest BCUT2D eigenvalue weighted by molar-refractivity contribution is 5.92. The van der Waals surface area contributed by atoms with E-state index in [2.05, 4.69) is 0 Å². The number of aryl methyl sites for hydroxylation is 1. The Morgan fingerprint density at radius 1 is 1.47 bits per heavy atom. The number of ketones is 1. The molecule has 1 aliphatic rings. The minimum atomic E-state index is -0.480. The monoisotopic (exact) mass is 206 g/mol. The lowest BCUT2D eigenvalue weighted by Gasteiger charge is -2.14. The van der Waals surface area contributed by atoms with Crippen molar-refractivity contribution >= 4 is 5.78 Å². The highest BCUT2D eigenvalue weighted by Gasteiger charge is 2.51. The summed E-state index contributed by atoms with van der Waals surface area (Å²) in [6.07, 6.45) is 2.10. The zero-order valence-corrected chi connectivity index (χ0v) is 9.14. The lowest BCUT2D eigenvalue weighted by Crippen LogP contribution is -2.20. The first-order valence-corrected chi connectivity index (χ1v) is 5.40. The lowest BCUT2D eigenvalue weighted by atomic mass is 9.89. The van der Waals surface area contributed by atoms with Crippen LogP contribution in [0.3, 0.4) is 0 Å². The summed E-state index contributed by atoms with van der Waals surface area (Å²) in [4.78, 5) is 11.8. The van der Waals surface area contributed by atoms with Crippen LogP contribution in [0.5, 0.6) is 0 Å². The Hall–Kier alpha value is -1.18. The maximum atomic E-state index is 13.7. The van der Waals surface area contributed by atoms with Crippen LogP contribution in [0, 0.1) is 12.7 Å². The summed E-state index contributed by atoms with van der Waals surface area (Å²) in [5, 5.41) is 0. The zero-order valence-electron chi connectivity index (χ0n) is 9.14. The predicted octanol–water partition coefficient (Wildman–Crippen LogP) is 3.14. The van der Waals surface area contributed by atoms with Crippen molar-refractivity contribution in [3.8, 4) is 0 Å². The molecule has 0 N–H and O–H groups in total. The normalized spacial score (nSPS) is 17.5. The number of halogens is 1. The average molecular weight is 206 g/mol. The number of hydrogen-bond acceptors (Lipinski definition) is 1. The van der Waals surface area contributed by atoms with Gasteiger partial charge in [0.05, 0.1) is 5.41 Å². The van der Waals surface area contributed by atoms with E-state index in [1.807, 2.05) is 19.9 Å². The fourth-order valence-electron chi connectivity index (χ4n) is 2.17. The molecule has 0 amide bonds. The van der Waals surface area contributed by atoms with Crippen molar-refractivity contribution in [1.82, 2.24) is 0 Å². The van der Waals surface area contributed by atoms with Crippen LogP contribution in [0.4, 0.5) is 4.39 Å². The molecule has 0 heterocycles. The topological polar surface area (TPSA) is 17.1 Å². The Kier molecular flexibility index (Phi) is 2.37. The highest BCUT2D eigenvalue weighted by Crippen LogP contribution is 2.50. The molecule has 15 heavy (non-hydrogen) atoms. The van der Waals surface area contributed by atoms with E-state index in [1.165, 1.54) is 6.07 Å². The molecule has 2 rings (SSSR count). The van der Waals surface area contributed by atoms with Crippen molar-refractivity contribution in [3.63, 3.8) is 0 Å². The number of carbonyl (C=O) groups is 1. The molecular formula is C13H15FO. The quantitative estimate of drug-likeness (QED) is 0.742. The van der Waals surface area contributed by atoms with Gasteiger partial charge in [-0.3, -0.25) is 4.79 Å². The third kappa shape index (κ3) is 1.58. The number of rotatable bonds is 3. The van der Waals surface area contributed by atoms with Gasteiger partial charge in [0.1, 0.15) is 11.6 Å². The Morgan fingerprint density at radius 2 is 2.13 bits per heavy atom. The summed E-state index contributed by atoms with van der Waals surface area (Å²) in [5.74, 6) is -0.0560. The maximum absolute atomic E-state index is 13.7. The molecule has 1 fully saturated rings. The summed E-state index contributed by atoms with van der Waals surface area (Å²) in [6, 6.07) is 5.16. The van der Waals surface area contributed by atoms with Crippen LogP contribution >= 0.6 is 0 Å². The van der Waals surface area contributed by atoms with Gasteiger partial charge in [0, 0.05) is 12.0 Å². The molecule has 0 saturated heterocycles. The largest absolute Gasteiger partial charge is 0.299 e. The van der Waals surface area contributed by atoms with Gasteiger partial charge in [0.15, 0.2) is 0 Å². The van der Waals surface area contributed by atoms with Crippen molar-refractivity contribution in [2.45, 2.75) is 38.5 Å². The van der Waals surface area contributed by atoms with E-state index in [4.69, 9.17) is 0 Å². The van der Waals surface area contributed by atoms with Gasteiger partial charge in [-0.05, 0) is 31.4 Å². The van der Waals surface area contributed by atoms with E-state index in [9.17, 15) is 9.18 Å². The lowest BCUT2D eigenvalue weighted by molar-refractivity contribution is -0.121. The number of Topliss-reactive ketones (excluding diaryl/α,β-unsaturated/α-hetero) is 1. The van der Waals surface area contributed by atoms with Crippen molar-refractivity contribution < 1.29 is 9.18 Å². The smallest absolute Gasteiger partial charge is 0.143 e. The first kappa shape index (κ1) is 10.3. The van der Waals surface area contributed by atoms with Gasteiger partial charge in [0.25, 0.3) is 0 Å². The van der Waals surface area contributed by atoms with Crippen LogP contribution in [0.15, 0.2) is 18.2 Å². The fraction of sp³-hybridized carbons (Fsp3) is 0.462. The van der Waals surface area contributed by atoms with Crippen molar-refractivity contribution in [3.05, 3.63) is 35.1 Å². The number of carbonyl (C=O) groups excluding carboxylic acids is 1. The molecule has 0 aliphatic heterocycles. The van der Waals surface area contributed by atoms with Gasteiger partial charge >= 0.3 is 0 Å². The van der Waals surface area contributed by atoms with Gasteiger partial charge in [0.2, 0.25) is 0 Å². The predicted molar refractivity (Wildman–Crippen MR) is 57.3 cm³/mol. The third-order valence-electron chi connectivity index (χ3n) is 3.25. The second-order valence-corrected chi connectivity index (χ2v) is 4.34. The van der Waals surface area contributed by atoms with Gasteiger partial charge in [-0.15, -0.1) is 0 Å². The van der Waals surface area contributed by atoms with Crippen LogP contribution in [-0.4, -0.2) is 5.78 Å². The molecule has 1 saturated carbocycles.